The molecule has 0 aromatic heterocycles. The molecule has 1 aromatic rings. The molecule has 0 unspecified atom stereocenters. The molecule has 0 atom stereocenters. The van der Waals surface area contributed by atoms with Gasteiger partial charge in [-0.3, -0.25) is 0 Å². The molecule has 0 aliphatic heterocycles. The molecule has 1 rings (SSSR count). The molecule has 15 heavy (non-hydrogen) atoms. The molecular weight excluding hydrogens is 225 g/mol. The Morgan fingerprint density at radius 1 is 1.53 bits per heavy atom. The maximum atomic E-state index is 12.4. The van der Waals surface area contributed by atoms with E-state index in [4.69, 9.17) is 14.3 Å². The highest BCUT2D eigenvalue weighted by Crippen LogP contribution is 2.29. The normalized spacial score (nSPS) is 15.9. The summed E-state index contributed by atoms with van der Waals surface area (Å²) in [5.74, 6) is -2.06. The van der Waals surface area contributed by atoms with Crippen LogP contribution in [0.1, 0.15) is 20.8 Å². The van der Waals surface area contributed by atoms with E-state index in [-0.39, 0.29) is 11.1 Å². The zero-order chi connectivity index (χ0) is 13.3. The lowest BCUT2D eigenvalue weighted by molar-refractivity contribution is -0.137. The Kier molecular flexibility index (Phi) is 2.91. The monoisotopic (exact) mass is 236 g/mol. The molecule has 0 aliphatic carbocycles. The topological polar surface area (TPSA) is 0 Å². The van der Waals surface area contributed by atoms with Crippen molar-refractivity contribution in [2.45, 2.75) is 13.1 Å². The second kappa shape index (κ2) is 4.71. The Bertz CT molecular complexity index is 433. The third-order valence-corrected chi connectivity index (χ3v) is 2.04. The van der Waals surface area contributed by atoms with Crippen LogP contribution in [0, 0.1) is 0 Å². The summed E-state index contributed by atoms with van der Waals surface area (Å²) >= 11 is 5.41. The molecule has 0 heterocycles. The SMILES string of the molecule is [2H]C([2H])(Cl)/C(C)=C/c1cccc(C(F)(F)F)c1. The van der Waals surface area contributed by atoms with E-state index in [0.717, 1.165) is 12.1 Å². The van der Waals surface area contributed by atoms with E-state index in [1.807, 2.05) is 0 Å². The van der Waals surface area contributed by atoms with E-state index in [2.05, 4.69) is 0 Å². The average Bonchev–Trinajstić information content (AvgIpc) is 2.15. The van der Waals surface area contributed by atoms with Crippen molar-refractivity contribution in [1.29, 1.82) is 0 Å². The maximum absolute atomic E-state index is 12.4. The van der Waals surface area contributed by atoms with Gasteiger partial charge in [0, 0.05) is 8.57 Å². The van der Waals surface area contributed by atoms with Gasteiger partial charge in [-0.15, -0.1) is 11.6 Å². The van der Waals surface area contributed by atoms with Crippen LogP contribution in [-0.4, -0.2) is 5.83 Å². The van der Waals surface area contributed by atoms with Gasteiger partial charge < -0.3 is 0 Å². The second-order valence-corrected chi connectivity index (χ2v) is 3.23. The standard InChI is InChI=1S/C11H10ClF3/c1-8(7-12)5-9-3-2-4-10(6-9)11(13,14)15/h2-6H,7H2,1H3/b8-5+/i7D2. The van der Waals surface area contributed by atoms with Crippen LogP contribution in [-0.2, 0) is 6.18 Å². The Balaban J connectivity index is 3.10. The summed E-state index contributed by atoms with van der Waals surface area (Å²) in [6.07, 6.45) is -3.11. The molecule has 0 saturated heterocycles. The lowest BCUT2D eigenvalue weighted by atomic mass is 10.1. The highest BCUT2D eigenvalue weighted by Gasteiger charge is 2.30. The van der Waals surface area contributed by atoms with E-state index in [0.29, 0.717) is 0 Å². The molecule has 0 amide bonds. The molecule has 0 aliphatic rings. The zero-order valence-electron chi connectivity index (χ0n) is 9.90. The lowest BCUT2D eigenvalue weighted by Gasteiger charge is -2.07. The van der Waals surface area contributed by atoms with Crippen LogP contribution in [0.2, 0.25) is 0 Å². The van der Waals surface area contributed by atoms with Crippen molar-refractivity contribution in [3.8, 4) is 0 Å². The summed E-state index contributed by atoms with van der Waals surface area (Å²) in [4.78, 5) is 0. The predicted molar refractivity (Wildman–Crippen MR) is 55.8 cm³/mol. The molecule has 0 nitrogen and oxygen atoms in total. The highest BCUT2D eigenvalue weighted by molar-refractivity contribution is 6.19. The van der Waals surface area contributed by atoms with Crippen molar-refractivity contribution in [1.82, 2.24) is 0 Å². The minimum atomic E-state index is -4.41. The van der Waals surface area contributed by atoms with Crippen molar-refractivity contribution in [3.05, 3.63) is 41.0 Å². The first-order chi connectivity index (χ1) is 7.60. The molecular formula is C11H10ClF3. The van der Waals surface area contributed by atoms with Crippen molar-refractivity contribution < 1.29 is 15.9 Å². The summed E-state index contributed by atoms with van der Waals surface area (Å²) < 4.78 is 51.7. The van der Waals surface area contributed by atoms with Gasteiger partial charge in [-0.25, -0.2) is 0 Å². The predicted octanol–water partition coefficient (Wildman–Crippen LogP) is 4.35. The van der Waals surface area contributed by atoms with Gasteiger partial charge in [0.2, 0.25) is 0 Å². The van der Waals surface area contributed by atoms with E-state index in [1.54, 1.807) is 0 Å². The number of halogens is 4. The number of hydrogen-bond donors (Lipinski definition) is 0. The molecule has 0 spiro atoms. The molecule has 0 N–H and O–H groups in total. The first-order valence-electron chi connectivity index (χ1n) is 5.15. The number of hydrogen-bond acceptors (Lipinski definition) is 0. The van der Waals surface area contributed by atoms with E-state index < -0.39 is 17.6 Å². The highest BCUT2D eigenvalue weighted by atomic mass is 35.5. The maximum Gasteiger partial charge on any atom is 0.416 e. The van der Waals surface area contributed by atoms with Crippen LogP contribution >= 0.6 is 11.6 Å². The molecule has 4 heteroatoms. The summed E-state index contributed by atoms with van der Waals surface area (Å²) in [6.45, 7) is 1.42. The quantitative estimate of drug-likeness (QED) is 0.670. The molecule has 0 saturated carbocycles. The fourth-order valence-corrected chi connectivity index (χ4v) is 1.14. The number of alkyl halides is 4. The molecule has 82 valence electrons. The van der Waals surface area contributed by atoms with Crippen molar-refractivity contribution >= 4 is 17.7 Å². The van der Waals surface area contributed by atoms with E-state index in [9.17, 15) is 13.2 Å². The first kappa shape index (κ1) is 9.28. The minimum Gasteiger partial charge on any atom is -0.166 e. The van der Waals surface area contributed by atoms with Crippen LogP contribution in [0.25, 0.3) is 6.08 Å². The Morgan fingerprint density at radius 2 is 2.20 bits per heavy atom. The number of allylic oxidation sites excluding steroid dienone is 1. The first-order valence-corrected chi connectivity index (χ1v) is 4.53. The van der Waals surface area contributed by atoms with Crippen LogP contribution in [0.3, 0.4) is 0 Å². The number of benzene rings is 1. The van der Waals surface area contributed by atoms with Gasteiger partial charge in [0.1, 0.15) is 0 Å². The summed E-state index contributed by atoms with van der Waals surface area (Å²) in [6, 6.07) is 4.64. The minimum absolute atomic E-state index is 0.151. The van der Waals surface area contributed by atoms with Crippen LogP contribution in [0.15, 0.2) is 29.8 Å². The average molecular weight is 237 g/mol. The van der Waals surface area contributed by atoms with Gasteiger partial charge in [-0.1, -0.05) is 23.8 Å². The van der Waals surface area contributed by atoms with Crippen molar-refractivity contribution in [2.24, 2.45) is 0 Å². The van der Waals surface area contributed by atoms with Gasteiger partial charge in [-0.2, -0.15) is 13.2 Å². The second-order valence-electron chi connectivity index (χ2n) is 3.05. The van der Waals surface area contributed by atoms with E-state index in [1.165, 1.54) is 25.1 Å². The van der Waals surface area contributed by atoms with E-state index >= 15 is 0 Å². The van der Waals surface area contributed by atoms with Gasteiger partial charge in [0.15, 0.2) is 0 Å². The third-order valence-electron chi connectivity index (χ3n) is 1.75. The van der Waals surface area contributed by atoms with Gasteiger partial charge in [0.25, 0.3) is 0 Å². The smallest absolute Gasteiger partial charge is 0.166 e. The third kappa shape index (κ3) is 3.59. The fourth-order valence-electron chi connectivity index (χ4n) is 1.08. The molecule has 0 bridgehead atoms. The number of rotatable bonds is 2. The van der Waals surface area contributed by atoms with Gasteiger partial charge in [0.05, 0.1) is 5.56 Å². The molecule has 0 radical (unpaired) electrons. The zero-order valence-corrected chi connectivity index (χ0v) is 8.65. The summed E-state index contributed by atoms with van der Waals surface area (Å²) in [5, 5.41) is 0. The van der Waals surface area contributed by atoms with Crippen molar-refractivity contribution in [3.63, 3.8) is 0 Å². The van der Waals surface area contributed by atoms with Gasteiger partial charge in [-0.05, 0) is 24.6 Å². The summed E-state index contributed by atoms with van der Waals surface area (Å²) in [7, 11) is 0. The van der Waals surface area contributed by atoms with Crippen LogP contribution in [0.4, 0.5) is 13.2 Å². The molecule has 0 fully saturated rings. The Hall–Kier alpha value is -0.960. The fraction of sp³-hybridized carbons (Fsp3) is 0.273. The van der Waals surface area contributed by atoms with Crippen LogP contribution in [0.5, 0.6) is 0 Å². The Morgan fingerprint density at radius 3 is 2.73 bits per heavy atom. The molecule has 1 aromatic carbocycles. The van der Waals surface area contributed by atoms with Crippen LogP contribution < -0.4 is 0 Å². The van der Waals surface area contributed by atoms with Gasteiger partial charge >= 0.3 is 6.18 Å². The largest absolute Gasteiger partial charge is 0.416 e. The Labute approximate surface area is 94.2 Å². The lowest BCUT2D eigenvalue weighted by Crippen LogP contribution is -2.04. The summed E-state index contributed by atoms with van der Waals surface area (Å²) in [5.41, 5.74) is -0.352. The van der Waals surface area contributed by atoms with Crippen molar-refractivity contribution in [2.75, 3.05) is 5.83 Å².